The summed E-state index contributed by atoms with van der Waals surface area (Å²) >= 11 is 5.86. The number of benzene rings is 1. The number of ether oxygens (including phenoxy) is 1. The van der Waals surface area contributed by atoms with Crippen molar-refractivity contribution in [3.63, 3.8) is 0 Å². The quantitative estimate of drug-likeness (QED) is 0.769. The van der Waals surface area contributed by atoms with Crippen molar-refractivity contribution in [2.24, 2.45) is 0 Å². The van der Waals surface area contributed by atoms with Crippen LogP contribution in [-0.2, 0) is 5.41 Å². The van der Waals surface area contributed by atoms with E-state index in [2.05, 4.69) is 4.98 Å². The van der Waals surface area contributed by atoms with Gasteiger partial charge in [0.25, 0.3) is 0 Å². The van der Waals surface area contributed by atoms with Crippen LogP contribution in [0.2, 0.25) is 5.02 Å². The standard InChI is InChI=1S/C17H15ClFNO2/c1-9(21)14-7-11-16(22-8-17(11,2)3)15(20-14)10-4-5-13(19)12(18)6-10/h4-7H,8H2,1-3H3. The van der Waals surface area contributed by atoms with Gasteiger partial charge in [-0.15, -0.1) is 0 Å². The zero-order valence-corrected chi connectivity index (χ0v) is 13.3. The van der Waals surface area contributed by atoms with Crippen molar-refractivity contribution in [3.8, 4) is 17.0 Å². The van der Waals surface area contributed by atoms with E-state index in [0.29, 0.717) is 29.3 Å². The van der Waals surface area contributed by atoms with Crippen molar-refractivity contribution < 1.29 is 13.9 Å². The van der Waals surface area contributed by atoms with Crippen LogP contribution in [0.1, 0.15) is 36.8 Å². The van der Waals surface area contributed by atoms with Crippen LogP contribution in [0.15, 0.2) is 24.3 Å². The van der Waals surface area contributed by atoms with Crippen molar-refractivity contribution in [1.82, 2.24) is 4.98 Å². The largest absolute Gasteiger partial charge is 0.490 e. The first kappa shape index (κ1) is 15.0. The third-order valence-electron chi connectivity index (χ3n) is 3.83. The highest BCUT2D eigenvalue weighted by Gasteiger charge is 2.35. The van der Waals surface area contributed by atoms with Gasteiger partial charge in [-0.3, -0.25) is 4.79 Å². The fourth-order valence-corrected chi connectivity index (χ4v) is 2.71. The molecule has 2 aromatic rings. The average Bonchev–Trinajstić information content (AvgIpc) is 2.77. The minimum absolute atomic E-state index is 0.0125. The van der Waals surface area contributed by atoms with E-state index in [1.807, 2.05) is 13.8 Å². The molecule has 1 aromatic carbocycles. The zero-order valence-electron chi connectivity index (χ0n) is 12.5. The maximum Gasteiger partial charge on any atom is 0.178 e. The summed E-state index contributed by atoms with van der Waals surface area (Å²) in [5, 5.41) is 0.0125. The first-order valence-electron chi connectivity index (χ1n) is 6.94. The number of halogens is 2. The number of pyridine rings is 1. The molecular formula is C17H15ClFNO2. The Labute approximate surface area is 133 Å². The lowest BCUT2D eigenvalue weighted by atomic mass is 9.86. The number of rotatable bonds is 2. The van der Waals surface area contributed by atoms with Crippen LogP contribution < -0.4 is 4.74 Å². The Kier molecular flexibility index (Phi) is 3.44. The van der Waals surface area contributed by atoms with Gasteiger partial charge < -0.3 is 4.74 Å². The molecule has 5 heteroatoms. The van der Waals surface area contributed by atoms with E-state index in [1.165, 1.54) is 19.1 Å². The fraction of sp³-hybridized carbons (Fsp3) is 0.294. The SMILES string of the molecule is CC(=O)c1cc2c(c(-c3ccc(F)c(Cl)c3)n1)OCC2(C)C. The second-order valence-corrected chi connectivity index (χ2v) is 6.50. The molecule has 0 aliphatic carbocycles. The number of nitrogens with zero attached hydrogens (tertiary/aromatic N) is 1. The number of hydrogen-bond donors (Lipinski definition) is 0. The van der Waals surface area contributed by atoms with E-state index >= 15 is 0 Å². The Morgan fingerprint density at radius 3 is 2.73 bits per heavy atom. The molecule has 1 aromatic heterocycles. The maximum absolute atomic E-state index is 13.4. The van der Waals surface area contributed by atoms with Crippen molar-refractivity contribution >= 4 is 17.4 Å². The summed E-state index contributed by atoms with van der Waals surface area (Å²) in [6.07, 6.45) is 0. The number of fused-ring (bicyclic) bond motifs is 1. The number of Topliss-reactive ketones (excluding diaryl/α,β-unsaturated/α-hetero) is 1. The Bertz CT molecular complexity index is 786. The van der Waals surface area contributed by atoms with Gasteiger partial charge in [-0.2, -0.15) is 0 Å². The second kappa shape index (κ2) is 5.06. The lowest BCUT2D eigenvalue weighted by Crippen LogP contribution is -2.18. The molecule has 3 nitrogen and oxygen atoms in total. The molecule has 0 unspecified atom stereocenters. The van der Waals surface area contributed by atoms with Crippen LogP contribution in [0.4, 0.5) is 4.39 Å². The van der Waals surface area contributed by atoms with Crippen LogP contribution in [0.25, 0.3) is 11.3 Å². The molecule has 1 aliphatic heterocycles. The van der Waals surface area contributed by atoms with Crippen LogP contribution in [-0.4, -0.2) is 17.4 Å². The molecule has 0 saturated heterocycles. The molecule has 3 rings (SSSR count). The third-order valence-corrected chi connectivity index (χ3v) is 4.12. The van der Waals surface area contributed by atoms with Gasteiger partial charge in [0.15, 0.2) is 5.78 Å². The van der Waals surface area contributed by atoms with Gasteiger partial charge in [-0.05, 0) is 24.3 Å². The molecule has 0 fully saturated rings. The molecule has 0 radical (unpaired) electrons. The molecule has 1 aliphatic rings. The van der Waals surface area contributed by atoms with Gasteiger partial charge in [0, 0.05) is 23.5 Å². The first-order chi connectivity index (χ1) is 10.3. The summed E-state index contributed by atoms with van der Waals surface area (Å²) < 4.78 is 19.2. The lowest BCUT2D eigenvalue weighted by Gasteiger charge is -2.16. The minimum atomic E-state index is -0.494. The van der Waals surface area contributed by atoms with E-state index in [-0.39, 0.29) is 16.2 Å². The molecule has 0 atom stereocenters. The molecule has 2 heterocycles. The Morgan fingerprint density at radius 1 is 1.36 bits per heavy atom. The highest BCUT2D eigenvalue weighted by molar-refractivity contribution is 6.31. The van der Waals surface area contributed by atoms with Crippen LogP contribution in [0.3, 0.4) is 0 Å². The van der Waals surface area contributed by atoms with E-state index in [9.17, 15) is 9.18 Å². The predicted molar refractivity (Wildman–Crippen MR) is 83.2 cm³/mol. The number of carbonyl (C=O) groups excluding carboxylic acids is 1. The topological polar surface area (TPSA) is 39.2 Å². The van der Waals surface area contributed by atoms with Gasteiger partial charge in [0.1, 0.15) is 23.0 Å². The highest BCUT2D eigenvalue weighted by atomic mass is 35.5. The van der Waals surface area contributed by atoms with Gasteiger partial charge in [-0.25, -0.2) is 9.37 Å². The molecule has 0 N–H and O–H groups in total. The van der Waals surface area contributed by atoms with Gasteiger partial charge in [0.05, 0.1) is 11.6 Å². The summed E-state index contributed by atoms with van der Waals surface area (Å²) in [4.78, 5) is 16.2. The van der Waals surface area contributed by atoms with Crippen LogP contribution >= 0.6 is 11.6 Å². The predicted octanol–water partition coefficient (Wildman–Crippen LogP) is 4.41. The summed E-state index contributed by atoms with van der Waals surface area (Å²) in [6.45, 7) is 6.07. The Balaban J connectivity index is 2.27. The molecule has 0 amide bonds. The molecule has 0 saturated carbocycles. The van der Waals surface area contributed by atoms with Crippen molar-refractivity contribution in [1.29, 1.82) is 0 Å². The van der Waals surface area contributed by atoms with E-state index in [4.69, 9.17) is 16.3 Å². The third kappa shape index (κ3) is 2.37. The van der Waals surface area contributed by atoms with Crippen LogP contribution in [0.5, 0.6) is 5.75 Å². The normalized spacial score (nSPS) is 15.3. The fourth-order valence-electron chi connectivity index (χ4n) is 2.53. The van der Waals surface area contributed by atoms with Crippen molar-refractivity contribution in [3.05, 3.63) is 46.4 Å². The summed E-state index contributed by atoms with van der Waals surface area (Å²) in [5.74, 6) is 0.0173. The molecule has 0 spiro atoms. The zero-order chi connectivity index (χ0) is 16.1. The second-order valence-electron chi connectivity index (χ2n) is 6.09. The van der Waals surface area contributed by atoms with Crippen LogP contribution in [0, 0.1) is 5.82 Å². The van der Waals surface area contributed by atoms with E-state index in [1.54, 1.807) is 12.1 Å². The van der Waals surface area contributed by atoms with Gasteiger partial charge in [-0.1, -0.05) is 25.4 Å². The lowest BCUT2D eigenvalue weighted by molar-refractivity contribution is 0.101. The molecular weight excluding hydrogens is 305 g/mol. The minimum Gasteiger partial charge on any atom is -0.490 e. The number of carbonyl (C=O) groups is 1. The van der Waals surface area contributed by atoms with E-state index < -0.39 is 5.82 Å². The Morgan fingerprint density at radius 2 is 2.09 bits per heavy atom. The average molecular weight is 320 g/mol. The number of aromatic nitrogens is 1. The van der Waals surface area contributed by atoms with E-state index in [0.717, 1.165) is 5.56 Å². The number of ketones is 1. The van der Waals surface area contributed by atoms with Gasteiger partial charge in [0.2, 0.25) is 0 Å². The maximum atomic E-state index is 13.4. The smallest absolute Gasteiger partial charge is 0.178 e. The summed E-state index contributed by atoms with van der Waals surface area (Å²) in [6, 6.07) is 6.14. The molecule has 114 valence electrons. The monoisotopic (exact) mass is 319 g/mol. The highest BCUT2D eigenvalue weighted by Crippen LogP contribution is 2.44. The first-order valence-corrected chi connectivity index (χ1v) is 7.32. The van der Waals surface area contributed by atoms with Gasteiger partial charge >= 0.3 is 0 Å². The molecule has 22 heavy (non-hydrogen) atoms. The number of hydrogen-bond acceptors (Lipinski definition) is 3. The van der Waals surface area contributed by atoms with Crippen molar-refractivity contribution in [2.45, 2.75) is 26.2 Å². The Hall–Kier alpha value is -1.94. The molecule has 0 bridgehead atoms. The summed E-state index contributed by atoms with van der Waals surface area (Å²) in [7, 11) is 0. The van der Waals surface area contributed by atoms with Crippen molar-refractivity contribution in [2.75, 3.05) is 6.61 Å². The summed E-state index contributed by atoms with van der Waals surface area (Å²) in [5.41, 5.74) is 2.25.